The van der Waals surface area contributed by atoms with Crippen LogP contribution in [0.1, 0.15) is 97.8 Å². The summed E-state index contributed by atoms with van der Waals surface area (Å²) < 4.78 is 29.7. The first-order chi connectivity index (χ1) is 37.1. The number of hydrogen-bond donors (Lipinski definition) is 4. The molecule has 0 aromatic heterocycles. The smallest absolute Gasteiger partial charge is 1.00 e. The quantitative estimate of drug-likeness (QED) is 0.0301. The van der Waals surface area contributed by atoms with Crippen molar-refractivity contribution in [1.82, 2.24) is 20.4 Å². The van der Waals surface area contributed by atoms with Gasteiger partial charge in [-0.2, -0.15) is 0 Å². The molecule has 4 N–H and O–H groups in total. The van der Waals surface area contributed by atoms with E-state index in [0.29, 0.717) is 6.54 Å². The van der Waals surface area contributed by atoms with Crippen molar-refractivity contribution in [3.8, 4) is 22.3 Å². The third-order valence-corrected chi connectivity index (χ3v) is 11.6. The minimum atomic E-state index is -1.21. The zero-order chi connectivity index (χ0) is 58.7. The molecule has 8 rings (SSSR count). The first-order valence-corrected chi connectivity index (χ1v) is 25.4. The molecule has 4 aliphatic rings. The Balaban J connectivity index is 0.000000581. The van der Waals surface area contributed by atoms with Crippen LogP contribution in [-0.2, 0) is 47.7 Å². The van der Waals surface area contributed by atoms with Gasteiger partial charge in [0.15, 0.2) is 6.04 Å². The molecule has 0 spiro atoms. The van der Waals surface area contributed by atoms with Gasteiger partial charge in [-0.25, -0.2) is 28.8 Å². The molecule has 430 valence electrons. The number of benzene rings is 4. The summed E-state index contributed by atoms with van der Waals surface area (Å²) in [4.78, 5) is 93.9. The molecule has 2 atom stereocenters. The van der Waals surface area contributed by atoms with Crippen molar-refractivity contribution in [2.75, 3.05) is 52.5 Å². The van der Waals surface area contributed by atoms with E-state index in [4.69, 9.17) is 50.4 Å². The predicted molar refractivity (Wildman–Crippen MR) is 286 cm³/mol. The molecule has 4 aromatic rings. The van der Waals surface area contributed by atoms with Crippen molar-refractivity contribution in [3.05, 3.63) is 119 Å². The molecule has 22 nitrogen and oxygen atoms in total. The number of amides is 2. The summed E-state index contributed by atoms with van der Waals surface area (Å²) in [7, 11) is 0. The summed E-state index contributed by atoms with van der Waals surface area (Å²) in [5, 5.41) is 32.4. The molecule has 0 radical (unpaired) electrons. The molecule has 2 heterocycles. The third-order valence-electron chi connectivity index (χ3n) is 11.5. The normalized spacial score (nSPS) is 15.7. The zero-order valence-electron chi connectivity index (χ0n) is 48.5. The van der Waals surface area contributed by atoms with Crippen LogP contribution in [0.5, 0.6) is 0 Å². The van der Waals surface area contributed by atoms with Gasteiger partial charge in [0, 0.05) is 56.2 Å². The molecule has 2 unspecified atom stereocenters. The Morgan fingerprint density at radius 2 is 1.01 bits per heavy atom. The van der Waals surface area contributed by atoms with Crippen LogP contribution in [0.15, 0.2) is 97.1 Å². The van der Waals surface area contributed by atoms with Gasteiger partial charge in [-0.05, 0) is 107 Å². The van der Waals surface area contributed by atoms with Gasteiger partial charge in [-0.3, -0.25) is 14.5 Å². The molecule has 25 heteroatoms. The van der Waals surface area contributed by atoms with E-state index < -0.39 is 70.8 Å². The van der Waals surface area contributed by atoms with Crippen LogP contribution in [0.2, 0.25) is 0 Å². The van der Waals surface area contributed by atoms with Crippen LogP contribution >= 0.6 is 11.6 Å². The van der Waals surface area contributed by atoms with Gasteiger partial charge < -0.3 is 65.7 Å². The number of carboxylic acid groups (broad SMARTS) is 2. The van der Waals surface area contributed by atoms with Crippen LogP contribution in [0, 0.1) is 0 Å². The van der Waals surface area contributed by atoms with Crippen molar-refractivity contribution in [2.45, 2.75) is 103 Å². The first kappa shape index (κ1) is 71.3. The van der Waals surface area contributed by atoms with Gasteiger partial charge in [0.25, 0.3) is 6.47 Å². The fourth-order valence-corrected chi connectivity index (χ4v) is 8.47. The molecule has 2 saturated heterocycles. The monoisotopic (exact) mass is 1170 g/mol. The molecule has 0 saturated carbocycles. The number of carbonyl (C=O) groups excluding carboxylic acids is 6. The summed E-state index contributed by atoms with van der Waals surface area (Å²) in [5.74, 6) is -2.01. The molecule has 2 aliphatic heterocycles. The van der Waals surface area contributed by atoms with E-state index in [1.165, 1.54) is 32.1 Å². The Morgan fingerprint density at radius 1 is 0.617 bits per heavy atom. The number of rotatable bonds is 7. The molecule has 0 bridgehead atoms. The van der Waals surface area contributed by atoms with Crippen molar-refractivity contribution >= 4 is 59.9 Å². The minimum Gasteiger partial charge on any atom is -1.00 e. The van der Waals surface area contributed by atoms with Crippen molar-refractivity contribution < 1.29 is 148 Å². The number of halogens is 1. The second-order valence-electron chi connectivity index (χ2n) is 20.8. The van der Waals surface area contributed by atoms with Crippen LogP contribution in [0.4, 0.5) is 24.0 Å². The van der Waals surface area contributed by atoms with E-state index in [1.807, 2.05) is 72.8 Å². The number of piperazine rings is 2. The number of aliphatic carboxylic acids is 2. The Hall–Kier alpha value is -5.79. The van der Waals surface area contributed by atoms with Crippen molar-refractivity contribution in [3.63, 3.8) is 0 Å². The molecule has 4 aromatic carbocycles. The van der Waals surface area contributed by atoms with Gasteiger partial charge in [0.1, 0.15) is 36.1 Å². The van der Waals surface area contributed by atoms with Gasteiger partial charge in [0.2, 0.25) is 0 Å². The Labute approximate surface area is 521 Å². The molecular weight excluding hydrogens is 1100 g/mol. The number of carboxylic acids is 2. The maximum absolute atomic E-state index is 12.9. The topological polar surface area (TPSA) is 295 Å². The van der Waals surface area contributed by atoms with E-state index in [9.17, 15) is 38.7 Å². The van der Waals surface area contributed by atoms with Crippen LogP contribution < -0.4 is 75.0 Å². The van der Waals surface area contributed by atoms with E-state index in [1.54, 1.807) is 62.3 Å². The van der Waals surface area contributed by atoms with Gasteiger partial charge in [0.05, 0.1) is 6.54 Å². The van der Waals surface area contributed by atoms with Crippen LogP contribution in [-0.4, -0.2) is 150 Å². The van der Waals surface area contributed by atoms with Crippen molar-refractivity contribution in [1.29, 1.82) is 0 Å². The molecule has 2 fully saturated rings. The van der Waals surface area contributed by atoms with Crippen LogP contribution in [0.3, 0.4) is 0 Å². The Morgan fingerprint density at radius 3 is 1.33 bits per heavy atom. The summed E-state index contributed by atoms with van der Waals surface area (Å²) in [6.07, 6.45) is -3.41. The van der Waals surface area contributed by atoms with Gasteiger partial charge in [-0.15, -0.1) is 0 Å². The standard InChI is InChI=1S/C25H28N2O6.C15H11ClO2.C10H18O5.C5H10N2O2.CH2O3.2Na.H/c1-25(2,3)33-23(30)26-12-13-27(21(14-26)22(28)29)24(31)32-15-20-18-10-6-4-8-16(18)17-9-5-7-11-19(17)20;16-15(17)18-9-14-12-7-3-1-5-10(12)11-6-2-4-8-13(11)14;1-9(2,3)14-7(11)13-8(12)15-10(4,5)6;8-5(9)4-3-6-1-2-7-4;2-1-4-3;;;/h4-11,20-21H,12-15H2,1-3H3,(H,28,29);1-8,14H,9H2;1-6H3;4,6-7H,1-3H2,(H,8,9);1,3H;;;/q;;;;;2*+1;-1/p-1. The maximum Gasteiger partial charge on any atom is 1.00 e. The number of nitrogens with one attached hydrogen (secondary N) is 2. The molecular formula is C56H69ClN4Na2O18. The zero-order valence-corrected chi connectivity index (χ0v) is 52.2. The van der Waals surface area contributed by atoms with E-state index in [2.05, 4.69) is 44.5 Å². The van der Waals surface area contributed by atoms with Gasteiger partial charge in [-0.1, -0.05) is 97.1 Å². The fourth-order valence-electron chi connectivity index (χ4n) is 8.41. The number of ether oxygens (including phenoxy) is 6. The van der Waals surface area contributed by atoms with E-state index in [0.717, 1.165) is 35.3 Å². The largest absolute Gasteiger partial charge is 1.00 e. The summed E-state index contributed by atoms with van der Waals surface area (Å²) in [5.41, 5.74) is 6.36. The second kappa shape index (κ2) is 33.3. The van der Waals surface area contributed by atoms with Crippen molar-refractivity contribution in [2.24, 2.45) is 0 Å². The average molecular weight is 1170 g/mol. The molecule has 2 amide bonds. The Kier molecular flexibility index (Phi) is 29.4. The van der Waals surface area contributed by atoms with E-state index >= 15 is 0 Å². The van der Waals surface area contributed by atoms with E-state index in [-0.39, 0.29) is 112 Å². The van der Waals surface area contributed by atoms with Gasteiger partial charge >= 0.3 is 101 Å². The number of hydrogen-bond acceptors (Lipinski definition) is 18. The minimum absolute atomic E-state index is 0. The number of nitrogens with zero attached hydrogens (tertiary/aromatic N) is 2. The summed E-state index contributed by atoms with van der Waals surface area (Å²) in [6, 6.07) is 30.8. The second-order valence-corrected chi connectivity index (χ2v) is 21.1. The molecule has 81 heavy (non-hydrogen) atoms. The maximum atomic E-state index is 12.9. The number of fused-ring (bicyclic) bond motifs is 6. The first-order valence-electron chi connectivity index (χ1n) is 25.0. The third kappa shape index (κ3) is 23.2. The predicted octanol–water partition coefficient (Wildman–Crippen LogP) is 2.18. The summed E-state index contributed by atoms with van der Waals surface area (Å²) in [6.45, 7) is 17.7. The van der Waals surface area contributed by atoms with Crippen LogP contribution in [0.25, 0.3) is 22.3 Å². The SMILES string of the molecule is CC(C)(C)OC(=O)N1CCN(C(=O)OCC2c3ccccc3-c3ccccc32)C(C(=O)O)C1.CC(C)(C)OC(=O)OC(=O)OC(C)(C)C.O=C(Cl)OCC1c2ccccc2-c2ccccc21.O=C(O)C1CNCCN1.O=CO[O-].[H-].[Na+].[Na+]. The fraction of sp³-hybridized carbons (Fsp3) is 0.429. The average Bonchev–Trinajstić information content (AvgIpc) is 3.92. The summed E-state index contributed by atoms with van der Waals surface area (Å²) >= 11 is 5.25. The molecule has 2 aliphatic carbocycles. The number of carbonyl (C=O) groups is 8. The Bertz CT molecular complexity index is 2650.